The van der Waals surface area contributed by atoms with E-state index in [1.54, 1.807) is 0 Å². The summed E-state index contributed by atoms with van der Waals surface area (Å²) in [6.45, 7) is 9.31. The van der Waals surface area contributed by atoms with Crippen LogP contribution in [0.3, 0.4) is 0 Å². The van der Waals surface area contributed by atoms with E-state index >= 15 is 0 Å². The summed E-state index contributed by atoms with van der Waals surface area (Å²) in [6, 6.07) is 8.83. The molecule has 2 aliphatic rings. The number of hydrogen-bond acceptors (Lipinski definition) is 2. The van der Waals surface area contributed by atoms with Crippen molar-refractivity contribution in [3.8, 4) is 0 Å². The molecule has 0 aliphatic carbocycles. The second-order valence-corrected chi connectivity index (χ2v) is 6.37. The summed E-state index contributed by atoms with van der Waals surface area (Å²) in [7, 11) is 0. The van der Waals surface area contributed by atoms with E-state index in [9.17, 15) is 0 Å². The van der Waals surface area contributed by atoms with Gasteiger partial charge in [-0.05, 0) is 63.3 Å². The molecule has 0 spiro atoms. The van der Waals surface area contributed by atoms with Gasteiger partial charge < -0.3 is 5.32 Å². The van der Waals surface area contributed by atoms with E-state index in [2.05, 4.69) is 49.2 Å². The van der Waals surface area contributed by atoms with E-state index in [1.807, 2.05) is 0 Å². The Hall–Kier alpha value is -0.860. The van der Waals surface area contributed by atoms with Crippen molar-refractivity contribution in [2.45, 2.75) is 58.2 Å². The lowest BCUT2D eigenvalue weighted by molar-refractivity contribution is 0.291. The highest BCUT2D eigenvalue weighted by Crippen LogP contribution is 2.29. The van der Waals surface area contributed by atoms with Crippen LogP contribution in [-0.2, 0) is 0 Å². The molecule has 2 saturated heterocycles. The highest BCUT2D eigenvalue weighted by Gasteiger charge is 2.37. The molecule has 0 amide bonds. The minimum atomic E-state index is 0.463. The molecule has 2 fully saturated rings. The molecule has 1 aromatic rings. The molecule has 2 nitrogen and oxygen atoms in total. The number of hydrogen-bond donors (Lipinski definition) is 1. The molecule has 3 unspecified atom stereocenters. The number of aryl methyl sites for hydroxylation is 2. The number of benzene rings is 1. The van der Waals surface area contributed by atoms with Gasteiger partial charge in [0.25, 0.3) is 0 Å². The first-order valence-electron chi connectivity index (χ1n) is 7.72. The van der Waals surface area contributed by atoms with Crippen molar-refractivity contribution in [1.29, 1.82) is 0 Å². The van der Waals surface area contributed by atoms with E-state index < -0.39 is 0 Å². The molecule has 3 atom stereocenters. The summed E-state index contributed by atoms with van der Waals surface area (Å²) in [5.41, 5.74) is 4.22. The Labute approximate surface area is 117 Å². The SMILES string of the molecule is Cc1ccc(C(C)NC2CCN3CCCC23)cc1C. The van der Waals surface area contributed by atoms with E-state index in [0.717, 1.165) is 6.04 Å². The zero-order chi connectivity index (χ0) is 13.4. The van der Waals surface area contributed by atoms with Gasteiger partial charge in [0, 0.05) is 24.7 Å². The normalized spacial score (nSPS) is 28.6. The summed E-state index contributed by atoms with van der Waals surface area (Å²) >= 11 is 0. The van der Waals surface area contributed by atoms with Gasteiger partial charge in [0.15, 0.2) is 0 Å². The van der Waals surface area contributed by atoms with Gasteiger partial charge in [-0.15, -0.1) is 0 Å². The maximum Gasteiger partial charge on any atom is 0.0295 e. The fourth-order valence-corrected chi connectivity index (χ4v) is 3.73. The van der Waals surface area contributed by atoms with Gasteiger partial charge in [0.2, 0.25) is 0 Å². The van der Waals surface area contributed by atoms with Crippen LogP contribution in [0.1, 0.15) is 48.9 Å². The van der Waals surface area contributed by atoms with E-state index in [4.69, 9.17) is 0 Å². The predicted molar refractivity (Wildman–Crippen MR) is 80.5 cm³/mol. The lowest BCUT2D eigenvalue weighted by Crippen LogP contribution is -2.40. The number of nitrogens with one attached hydrogen (secondary N) is 1. The first-order chi connectivity index (χ1) is 9.15. The summed E-state index contributed by atoms with van der Waals surface area (Å²) in [5.74, 6) is 0. The van der Waals surface area contributed by atoms with Crippen LogP contribution in [0.2, 0.25) is 0 Å². The van der Waals surface area contributed by atoms with Crippen molar-refractivity contribution >= 4 is 0 Å². The Morgan fingerprint density at radius 2 is 2.00 bits per heavy atom. The second kappa shape index (κ2) is 5.26. The monoisotopic (exact) mass is 258 g/mol. The topological polar surface area (TPSA) is 15.3 Å². The van der Waals surface area contributed by atoms with Gasteiger partial charge in [0.05, 0.1) is 0 Å². The predicted octanol–water partition coefficient (Wildman–Crippen LogP) is 3.19. The van der Waals surface area contributed by atoms with Crippen molar-refractivity contribution in [2.75, 3.05) is 13.1 Å². The maximum absolute atomic E-state index is 3.87. The molecule has 0 aromatic heterocycles. The van der Waals surface area contributed by atoms with Crippen LogP contribution in [0.25, 0.3) is 0 Å². The fraction of sp³-hybridized carbons (Fsp3) is 0.647. The average molecular weight is 258 g/mol. The van der Waals surface area contributed by atoms with Crippen LogP contribution in [-0.4, -0.2) is 30.1 Å². The second-order valence-electron chi connectivity index (χ2n) is 6.37. The molecule has 104 valence electrons. The minimum absolute atomic E-state index is 0.463. The number of fused-ring (bicyclic) bond motifs is 1. The molecule has 1 aromatic carbocycles. The van der Waals surface area contributed by atoms with Crippen LogP contribution in [0.5, 0.6) is 0 Å². The molecule has 2 heteroatoms. The Kier molecular flexibility index (Phi) is 3.64. The van der Waals surface area contributed by atoms with Crippen LogP contribution < -0.4 is 5.32 Å². The lowest BCUT2D eigenvalue weighted by Gasteiger charge is -2.25. The Morgan fingerprint density at radius 1 is 1.16 bits per heavy atom. The molecular formula is C17H26N2. The zero-order valence-electron chi connectivity index (χ0n) is 12.4. The standard InChI is InChI=1S/C17H26N2/c1-12-6-7-15(11-13(12)2)14(3)18-16-8-10-19-9-4-5-17(16)19/h6-7,11,14,16-18H,4-5,8-10H2,1-3H3. The van der Waals surface area contributed by atoms with Gasteiger partial charge in [-0.25, -0.2) is 0 Å². The lowest BCUT2D eigenvalue weighted by atomic mass is 9.99. The minimum Gasteiger partial charge on any atom is -0.306 e. The third-order valence-corrected chi connectivity index (χ3v) is 5.10. The van der Waals surface area contributed by atoms with Crippen molar-refractivity contribution in [1.82, 2.24) is 10.2 Å². The third kappa shape index (κ3) is 2.56. The fourth-order valence-electron chi connectivity index (χ4n) is 3.73. The Bertz CT molecular complexity index is 455. The van der Waals surface area contributed by atoms with Gasteiger partial charge in [-0.1, -0.05) is 18.2 Å². The van der Waals surface area contributed by atoms with Crippen LogP contribution >= 0.6 is 0 Å². The van der Waals surface area contributed by atoms with Gasteiger partial charge >= 0.3 is 0 Å². The molecule has 3 rings (SSSR count). The van der Waals surface area contributed by atoms with E-state index in [0.29, 0.717) is 12.1 Å². The summed E-state index contributed by atoms with van der Waals surface area (Å²) < 4.78 is 0. The molecule has 0 bridgehead atoms. The van der Waals surface area contributed by atoms with Gasteiger partial charge in [-0.2, -0.15) is 0 Å². The third-order valence-electron chi connectivity index (χ3n) is 5.10. The first-order valence-corrected chi connectivity index (χ1v) is 7.72. The summed E-state index contributed by atoms with van der Waals surface area (Å²) in [5, 5.41) is 3.87. The largest absolute Gasteiger partial charge is 0.306 e. The van der Waals surface area contributed by atoms with Gasteiger partial charge in [-0.3, -0.25) is 4.90 Å². The average Bonchev–Trinajstić information content (AvgIpc) is 2.97. The first kappa shape index (κ1) is 13.1. The molecule has 0 saturated carbocycles. The zero-order valence-corrected chi connectivity index (χ0v) is 12.4. The Morgan fingerprint density at radius 3 is 2.79 bits per heavy atom. The molecule has 0 radical (unpaired) electrons. The highest BCUT2D eigenvalue weighted by atomic mass is 15.2. The van der Waals surface area contributed by atoms with Crippen LogP contribution in [0, 0.1) is 13.8 Å². The summed E-state index contributed by atoms with van der Waals surface area (Å²) in [6.07, 6.45) is 4.10. The number of nitrogens with zero attached hydrogens (tertiary/aromatic N) is 1. The van der Waals surface area contributed by atoms with Gasteiger partial charge in [0.1, 0.15) is 0 Å². The quantitative estimate of drug-likeness (QED) is 0.895. The highest BCUT2D eigenvalue weighted by molar-refractivity contribution is 5.31. The Balaban J connectivity index is 1.67. The molecular weight excluding hydrogens is 232 g/mol. The van der Waals surface area contributed by atoms with Crippen molar-refractivity contribution < 1.29 is 0 Å². The molecule has 2 aliphatic heterocycles. The van der Waals surface area contributed by atoms with Crippen molar-refractivity contribution in [3.63, 3.8) is 0 Å². The molecule has 1 N–H and O–H groups in total. The molecule has 2 heterocycles. The van der Waals surface area contributed by atoms with E-state index in [1.165, 1.54) is 49.0 Å². The van der Waals surface area contributed by atoms with Crippen LogP contribution in [0.15, 0.2) is 18.2 Å². The number of rotatable bonds is 3. The molecule has 19 heavy (non-hydrogen) atoms. The summed E-state index contributed by atoms with van der Waals surface area (Å²) in [4.78, 5) is 2.67. The van der Waals surface area contributed by atoms with E-state index in [-0.39, 0.29) is 0 Å². The maximum atomic E-state index is 3.87. The van der Waals surface area contributed by atoms with Crippen LogP contribution in [0.4, 0.5) is 0 Å². The smallest absolute Gasteiger partial charge is 0.0295 e. The van der Waals surface area contributed by atoms with Crippen molar-refractivity contribution in [3.05, 3.63) is 34.9 Å². The van der Waals surface area contributed by atoms with Crippen molar-refractivity contribution in [2.24, 2.45) is 0 Å².